The number of ether oxygens (including phenoxy) is 3. The van der Waals surface area contributed by atoms with Crippen molar-refractivity contribution in [2.45, 2.75) is 31.6 Å². The molecule has 0 aliphatic carbocycles. The van der Waals surface area contributed by atoms with Gasteiger partial charge in [-0.1, -0.05) is 30.3 Å². The van der Waals surface area contributed by atoms with E-state index in [1.165, 1.54) is 7.11 Å². The van der Waals surface area contributed by atoms with Crippen LogP contribution in [0.3, 0.4) is 0 Å². The second-order valence-corrected chi connectivity index (χ2v) is 8.19. The monoisotopic (exact) mass is 494 g/mol. The molecule has 0 radical (unpaired) electrons. The minimum absolute atomic E-state index is 0.0518. The zero-order valence-corrected chi connectivity index (χ0v) is 20.1. The summed E-state index contributed by atoms with van der Waals surface area (Å²) in [6.07, 6.45) is 0.945. The summed E-state index contributed by atoms with van der Waals surface area (Å²) in [5.41, 5.74) is 2.54. The maximum atomic E-state index is 10.8. The van der Waals surface area contributed by atoms with Crippen LogP contribution in [0.5, 0.6) is 23.0 Å². The van der Waals surface area contributed by atoms with Crippen LogP contribution in [0.2, 0.25) is 0 Å². The van der Waals surface area contributed by atoms with E-state index in [1.807, 2.05) is 54.6 Å². The molecule has 3 rings (SSSR count). The molecule has 0 aromatic heterocycles. The Morgan fingerprint density at radius 2 is 1.17 bits per heavy atom. The number of hydrogen-bond acceptors (Lipinski definition) is 6. The lowest BCUT2D eigenvalue weighted by molar-refractivity contribution is -0.138. The summed E-state index contributed by atoms with van der Waals surface area (Å²) in [6.45, 7) is 0.616. The summed E-state index contributed by atoms with van der Waals surface area (Å²) >= 11 is 0. The summed E-state index contributed by atoms with van der Waals surface area (Å²) in [4.78, 5) is 21.3. The molecule has 3 N–H and O–H groups in total. The van der Waals surface area contributed by atoms with Crippen LogP contribution in [0.4, 0.5) is 0 Å². The fourth-order valence-electron chi connectivity index (χ4n) is 3.79. The number of phenols is 1. The fourth-order valence-corrected chi connectivity index (χ4v) is 3.79. The number of methoxy groups -OCH3 is 1. The van der Waals surface area contributed by atoms with E-state index in [0.29, 0.717) is 48.9 Å². The zero-order valence-electron chi connectivity index (χ0n) is 20.1. The van der Waals surface area contributed by atoms with Crippen LogP contribution in [-0.4, -0.2) is 47.6 Å². The molecule has 0 fully saturated rings. The van der Waals surface area contributed by atoms with Crippen LogP contribution in [-0.2, 0) is 9.59 Å². The van der Waals surface area contributed by atoms with Crippen LogP contribution < -0.4 is 14.2 Å². The highest BCUT2D eigenvalue weighted by molar-refractivity contribution is 5.66. The number of aliphatic carboxylic acids is 2. The molecule has 190 valence electrons. The second-order valence-electron chi connectivity index (χ2n) is 8.19. The van der Waals surface area contributed by atoms with Crippen molar-refractivity contribution in [1.82, 2.24) is 0 Å². The molecule has 36 heavy (non-hydrogen) atoms. The fraction of sp³-hybridized carbons (Fsp3) is 0.286. The third-order valence-electron chi connectivity index (χ3n) is 5.58. The van der Waals surface area contributed by atoms with Gasteiger partial charge in [0.25, 0.3) is 0 Å². The molecule has 0 heterocycles. The number of benzene rings is 3. The Hall–Kier alpha value is -4.20. The molecule has 3 aromatic rings. The maximum absolute atomic E-state index is 10.8. The summed E-state index contributed by atoms with van der Waals surface area (Å²) in [5.74, 6) is -0.0926. The predicted molar refractivity (Wildman–Crippen MR) is 133 cm³/mol. The van der Waals surface area contributed by atoms with Crippen LogP contribution in [0.25, 0.3) is 0 Å². The molecule has 3 aromatic carbocycles. The molecule has 0 aliphatic heterocycles. The highest BCUT2D eigenvalue weighted by Crippen LogP contribution is 2.39. The molecular formula is C28H30O8. The topological polar surface area (TPSA) is 123 Å². The highest BCUT2D eigenvalue weighted by Gasteiger charge is 2.21. The van der Waals surface area contributed by atoms with E-state index in [1.54, 1.807) is 12.1 Å². The van der Waals surface area contributed by atoms with E-state index in [0.717, 1.165) is 11.1 Å². The zero-order chi connectivity index (χ0) is 25.9. The van der Waals surface area contributed by atoms with Crippen molar-refractivity contribution in [2.75, 3.05) is 20.3 Å². The summed E-state index contributed by atoms with van der Waals surface area (Å²) in [7, 11) is 1.54. The number of hydrogen-bond donors (Lipinski definition) is 3. The Labute approximate surface area is 209 Å². The largest absolute Gasteiger partial charge is 0.507 e. The lowest BCUT2D eigenvalue weighted by Gasteiger charge is -2.21. The minimum atomic E-state index is -0.854. The van der Waals surface area contributed by atoms with Crippen LogP contribution in [0.1, 0.15) is 48.3 Å². The molecule has 0 aliphatic rings. The van der Waals surface area contributed by atoms with Crippen molar-refractivity contribution < 1.29 is 39.1 Å². The van der Waals surface area contributed by atoms with E-state index in [2.05, 4.69) is 0 Å². The second kappa shape index (κ2) is 13.0. The average molecular weight is 495 g/mol. The van der Waals surface area contributed by atoms with Gasteiger partial charge in [-0.2, -0.15) is 0 Å². The van der Waals surface area contributed by atoms with Crippen molar-refractivity contribution in [1.29, 1.82) is 0 Å². The van der Waals surface area contributed by atoms with Gasteiger partial charge in [0, 0.05) is 30.4 Å². The Morgan fingerprint density at radius 1 is 0.722 bits per heavy atom. The van der Waals surface area contributed by atoms with Gasteiger partial charge in [-0.05, 0) is 54.3 Å². The van der Waals surface area contributed by atoms with Crippen molar-refractivity contribution in [3.8, 4) is 23.0 Å². The number of carboxylic acid groups (broad SMARTS) is 2. The number of phenolic OH excluding ortho intramolecular Hbond substituents is 1. The van der Waals surface area contributed by atoms with Gasteiger partial charge in [0.1, 0.15) is 23.0 Å². The van der Waals surface area contributed by atoms with Gasteiger partial charge in [0.05, 0.1) is 20.3 Å². The van der Waals surface area contributed by atoms with Gasteiger partial charge in [0.2, 0.25) is 0 Å². The third kappa shape index (κ3) is 7.66. The van der Waals surface area contributed by atoms with Gasteiger partial charge in [-0.3, -0.25) is 9.59 Å². The summed E-state index contributed by atoms with van der Waals surface area (Å²) < 4.78 is 16.5. The minimum Gasteiger partial charge on any atom is -0.507 e. The first-order valence-corrected chi connectivity index (χ1v) is 11.6. The number of rotatable bonds is 14. The first-order chi connectivity index (χ1) is 17.4. The van der Waals surface area contributed by atoms with E-state index < -0.39 is 11.9 Å². The summed E-state index contributed by atoms with van der Waals surface area (Å²) in [6, 6.07) is 20.1. The molecule has 0 bridgehead atoms. The molecule has 8 heteroatoms. The number of aromatic hydroxyl groups is 1. The van der Waals surface area contributed by atoms with E-state index in [-0.39, 0.29) is 24.5 Å². The Kier molecular flexibility index (Phi) is 9.56. The van der Waals surface area contributed by atoms with E-state index in [4.69, 9.17) is 24.4 Å². The first kappa shape index (κ1) is 26.4. The van der Waals surface area contributed by atoms with Crippen molar-refractivity contribution in [2.24, 2.45) is 0 Å². The molecule has 0 unspecified atom stereocenters. The third-order valence-corrected chi connectivity index (χ3v) is 5.58. The Morgan fingerprint density at radius 3 is 1.56 bits per heavy atom. The molecule has 0 saturated carbocycles. The van der Waals surface area contributed by atoms with Crippen molar-refractivity contribution >= 4 is 11.9 Å². The first-order valence-electron chi connectivity index (χ1n) is 11.6. The molecule has 0 saturated heterocycles. The lowest BCUT2D eigenvalue weighted by Crippen LogP contribution is -2.06. The molecular weight excluding hydrogens is 464 g/mol. The number of carbonyl (C=O) groups is 2. The van der Waals surface area contributed by atoms with Crippen molar-refractivity contribution in [3.63, 3.8) is 0 Å². The molecule has 0 spiro atoms. The maximum Gasteiger partial charge on any atom is 0.303 e. The van der Waals surface area contributed by atoms with Gasteiger partial charge in [-0.25, -0.2) is 0 Å². The molecule has 8 nitrogen and oxygen atoms in total. The smallest absolute Gasteiger partial charge is 0.303 e. The van der Waals surface area contributed by atoms with Gasteiger partial charge < -0.3 is 29.5 Å². The normalized spacial score (nSPS) is 10.7. The SMILES string of the molecule is COc1ccc(C(c2ccc(OCCCC(=O)O)cc2)c2ccc(OCCCC(=O)O)cc2)c(O)c1. The highest BCUT2D eigenvalue weighted by atomic mass is 16.5. The average Bonchev–Trinajstić information content (AvgIpc) is 2.87. The van der Waals surface area contributed by atoms with Crippen LogP contribution in [0, 0.1) is 0 Å². The number of carboxylic acids is 2. The lowest BCUT2D eigenvalue weighted by atomic mass is 9.84. The van der Waals surface area contributed by atoms with Gasteiger partial charge in [-0.15, -0.1) is 0 Å². The van der Waals surface area contributed by atoms with Crippen LogP contribution >= 0.6 is 0 Å². The van der Waals surface area contributed by atoms with E-state index in [9.17, 15) is 14.7 Å². The molecule has 0 amide bonds. The predicted octanol–water partition coefficient (Wildman–Crippen LogP) is 5.07. The van der Waals surface area contributed by atoms with Crippen LogP contribution in [0.15, 0.2) is 66.7 Å². The summed E-state index contributed by atoms with van der Waals surface area (Å²) in [5, 5.41) is 28.3. The van der Waals surface area contributed by atoms with Crippen molar-refractivity contribution in [3.05, 3.63) is 83.4 Å². The standard InChI is InChI=1S/C28H30O8/c1-34-23-14-15-24(25(29)18-23)28(19-6-10-21(11-7-19)35-16-2-4-26(30)31)20-8-12-22(13-9-20)36-17-3-5-27(32)33/h6-15,18,28-29H,2-5,16-17H2,1H3,(H,30,31)(H,32,33). The Balaban J connectivity index is 1.82. The van der Waals surface area contributed by atoms with Gasteiger partial charge >= 0.3 is 11.9 Å². The Bertz CT molecular complexity index is 1070. The van der Waals surface area contributed by atoms with Gasteiger partial charge in [0.15, 0.2) is 0 Å². The molecule has 0 atom stereocenters. The quantitative estimate of drug-likeness (QED) is 0.210. The van der Waals surface area contributed by atoms with E-state index >= 15 is 0 Å².